The summed E-state index contributed by atoms with van der Waals surface area (Å²) in [4.78, 5) is 13.6. The molecule has 1 aliphatic rings. The molecule has 1 N–H and O–H groups in total. The molecule has 3 aromatic rings. The largest absolute Gasteiger partial charge is 0.478 e. The summed E-state index contributed by atoms with van der Waals surface area (Å²) in [6.07, 6.45) is 4.06. The highest BCUT2D eigenvalue weighted by Crippen LogP contribution is 2.33. The van der Waals surface area contributed by atoms with E-state index in [0.717, 1.165) is 38.8 Å². The molecule has 0 fully saturated rings. The summed E-state index contributed by atoms with van der Waals surface area (Å²) in [6, 6.07) is 22.7. The molecule has 0 saturated heterocycles. The number of fused-ring (bicyclic) bond motifs is 1. The molecule has 0 radical (unpaired) electrons. The number of carboxylic acids is 1. The van der Waals surface area contributed by atoms with E-state index in [2.05, 4.69) is 54.3 Å². The Kier molecular flexibility index (Phi) is 5.66. The van der Waals surface area contributed by atoms with Crippen LogP contribution in [0.4, 0.5) is 5.69 Å². The van der Waals surface area contributed by atoms with Crippen LogP contribution in [0, 0.1) is 6.92 Å². The van der Waals surface area contributed by atoms with Gasteiger partial charge >= 0.3 is 5.97 Å². The third-order valence-corrected chi connectivity index (χ3v) is 5.81. The quantitative estimate of drug-likeness (QED) is 0.616. The average molecular weight is 386 g/mol. The molecule has 1 aliphatic heterocycles. The third kappa shape index (κ3) is 4.51. The summed E-state index contributed by atoms with van der Waals surface area (Å²) in [6.45, 7) is 4.28. The maximum Gasteiger partial charge on any atom is 0.335 e. The Morgan fingerprint density at radius 1 is 0.931 bits per heavy atom. The van der Waals surface area contributed by atoms with Gasteiger partial charge in [0.05, 0.1) is 5.56 Å². The number of benzene rings is 3. The topological polar surface area (TPSA) is 40.5 Å². The smallest absolute Gasteiger partial charge is 0.335 e. The fraction of sp³-hybridized carbons (Fsp3) is 0.269. The van der Waals surface area contributed by atoms with Crippen LogP contribution in [0.15, 0.2) is 66.7 Å². The minimum Gasteiger partial charge on any atom is -0.478 e. The number of aryl methyl sites for hydroxylation is 3. The van der Waals surface area contributed by atoms with E-state index < -0.39 is 5.97 Å². The van der Waals surface area contributed by atoms with Gasteiger partial charge in [-0.25, -0.2) is 4.79 Å². The molecule has 29 heavy (non-hydrogen) atoms. The predicted octanol–water partition coefficient (Wildman–Crippen LogP) is 5.08. The standard InChI is InChI=1S/C26H27NO2/c1-19-4-2-5-21(18-19)14-16-27-17-15-23-7-3-6-22(25(23)27)11-8-20-9-12-24(13-10-20)26(28)29/h2-7,9-10,12-13,18H,8,11,14-17H2,1H3,(H,28,29). The van der Waals surface area contributed by atoms with Gasteiger partial charge in [-0.2, -0.15) is 0 Å². The summed E-state index contributed by atoms with van der Waals surface area (Å²) in [5.74, 6) is -0.873. The SMILES string of the molecule is Cc1cccc(CCN2CCc3cccc(CCc4ccc(C(=O)O)cc4)c32)c1. The number of carboxylic acid groups (broad SMARTS) is 1. The molecule has 3 aromatic carbocycles. The van der Waals surface area contributed by atoms with Crippen molar-refractivity contribution in [2.75, 3.05) is 18.0 Å². The van der Waals surface area contributed by atoms with Crippen LogP contribution >= 0.6 is 0 Å². The van der Waals surface area contributed by atoms with Crippen LogP contribution in [0.5, 0.6) is 0 Å². The summed E-state index contributed by atoms with van der Waals surface area (Å²) in [5.41, 5.74) is 8.50. The molecular formula is C26H27NO2. The maximum absolute atomic E-state index is 11.0. The molecule has 0 aliphatic carbocycles. The molecule has 3 nitrogen and oxygen atoms in total. The zero-order chi connectivity index (χ0) is 20.2. The van der Waals surface area contributed by atoms with Crippen molar-refractivity contribution in [1.29, 1.82) is 0 Å². The summed E-state index contributed by atoms with van der Waals surface area (Å²) in [7, 11) is 0. The lowest BCUT2D eigenvalue weighted by molar-refractivity contribution is 0.0697. The van der Waals surface area contributed by atoms with Crippen LogP contribution in [0.3, 0.4) is 0 Å². The van der Waals surface area contributed by atoms with Gasteiger partial charge < -0.3 is 10.0 Å². The number of rotatable bonds is 7. The Bertz CT molecular complexity index is 1010. The first-order chi connectivity index (χ1) is 14.1. The Morgan fingerprint density at radius 3 is 2.48 bits per heavy atom. The van der Waals surface area contributed by atoms with E-state index in [4.69, 9.17) is 5.11 Å². The maximum atomic E-state index is 11.0. The number of hydrogen-bond acceptors (Lipinski definition) is 2. The molecule has 4 rings (SSSR count). The zero-order valence-electron chi connectivity index (χ0n) is 16.9. The lowest BCUT2D eigenvalue weighted by Crippen LogP contribution is -2.24. The fourth-order valence-corrected chi connectivity index (χ4v) is 4.27. The van der Waals surface area contributed by atoms with Gasteiger partial charge in [0.1, 0.15) is 0 Å². The molecule has 3 heteroatoms. The molecule has 0 saturated carbocycles. The summed E-state index contributed by atoms with van der Waals surface area (Å²) >= 11 is 0. The van der Waals surface area contributed by atoms with E-state index >= 15 is 0 Å². The van der Waals surface area contributed by atoms with Gasteiger partial charge in [0.2, 0.25) is 0 Å². The first-order valence-electron chi connectivity index (χ1n) is 10.3. The molecule has 148 valence electrons. The van der Waals surface area contributed by atoms with Crippen molar-refractivity contribution in [1.82, 2.24) is 0 Å². The lowest BCUT2D eigenvalue weighted by Gasteiger charge is -2.22. The lowest BCUT2D eigenvalue weighted by atomic mass is 9.99. The van der Waals surface area contributed by atoms with E-state index in [9.17, 15) is 4.79 Å². The highest BCUT2D eigenvalue weighted by atomic mass is 16.4. The van der Waals surface area contributed by atoms with Crippen LogP contribution in [-0.2, 0) is 25.7 Å². The van der Waals surface area contributed by atoms with Gasteiger partial charge in [-0.15, -0.1) is 0 Å². The molecule has 0 unspecified atom stereocenters. The molecule has 1 heterocycles. The first-order valence-corrected chi connectivity index (χ1v) is 10.3. The minimum atomic E-state index is -0.873. The highest BCUT2D eigenvalue weighted by molar-refractivity contribution is 5.87. The number of anilines is 1. The van der Waals surface area contributed by atoms with Gasteiger partial charge in [-0.1, -0.05) is 60.2 Å². The molecule has 0 amide bonds. The Hall–Kier alpha value is -3.07. The van der Waals surface area contributed by atoms with Crippen molar-refractivity contribution in [3.63, 3.8) is 0 Å². The van der Waals surface area contributed by atoms with Crippen molar-refractivity contribution in [2.45, 2.75) is 32.6 Å². The normalized spacial score (nSPS) is 12.8. The van der Waals surface area contributed by atoms with E-state index in [1.165, 1.54) is 33.5 Å². The molecule has 0 bridgehead atoms. The molecule has 0 atom stereocenters. The number of para-hydroxylation sites is 1. The van der Waals surface area contributed by atoms with Crippen molar-refractivity contribution >= 4 is 11.7 Å². The highest BCUT2D eigenvalue weighted by Gasteiger charge is 2.21. The van der Waals surface area contributed by atoms with E-state index in [1.807, 2.05) is 12.1 Å². The van der Waals surface area contributed by atoms with Gasteiger partial charge in [-0.05, 0) is 67.0 Å². The average Bonchev–Trinajstić information content (AvgIpc) is 3.15. The van der Waals surface area contributed by atoms with Gasteiger partial charge in [0, 0.05) is 18.8 Å². The second-order valence-corrected chi connectivity index (χ2v) is 7.90. The monoisotopic (exact) mass is 385 g/mol. The van der Waals surface area contributed by atoms with E-state index in [1.54, 1.807) is 12.1 Å². The Balaban J connectivity index is 1.45. The van der Waals surface area contributed by atoms with E-state index in [0.29, 0.717) is 5.56 Å². The molecule has 0 spiro atoms. The molecular weight excluding hydrogens is 358 g/mol. The second kappa shape index (κ2) is 8.52. The van der Waals surface area contributed by atoms with Crippen molar-refractivity contribution in [3.05, 3.63) is 100 Å². The predicted molar refractivity (Wildman–Crippen MR) is 118 cm³/mol. The van der Waals surface area contributed by atoms with Gasteiger partial charge in [0.15, 0.2) is 0 Å². The first kappa shape index (κ1) is 19.3. The van der Waals surface area contributed by atoms with Crippen LogP contribution < -0.4 is 4.90 Å². The Morgan fingerprint density at radius 2 is 1.72 bits per heavy atom. The summed E-state index contributed by atoms with van der Waals surface area (Å²) < 4.78 is 0. The van der Waals surface area contributed by atoms with Crippen LogP contribution in [0.1, 0.15) is 38.2 Å². The molecule has 0 aromatic heterocycles. The number of nitrogens with zero attached hydrogens (tertiary/aromatic N) is 1. The van der Waals surface area contributed by atoms with Crippen molar-refractivity contribution < 1.29 is 9.90 Å². The zero-order valence-corrected chi connectivity index (χ0v) is 16.9. The number of carbonyl (C=O) groups is 1. The minimum absolute atomic E-state index is 0.344. The van der Waals surface area contributed by atoms with E-state index in [-0.39, 0.29) is 0 Å². The van der Waals surface area contributed by atoms with Crippen molar-refractivity contribution in [3.8, 4) is 0 Å². The van der Waals surface area contributed by atoms with Crippen LogP contribution in [0.25, 0.3) is 0 Å². The van der Waals surface area contributed by atoms with Gasteiger partial charge in [-0.3, -0.25) is 0 Å². The number of aromatic carboxylic acids is 1. The van der Waals surface area contributed by atoms with Crippen LogP contribution in [-0.4, -0.2) is 24.2 Å². The van der Waals surface area contributed by atoms with Crippen LogP contribution in [0.2, 0.25) is 0 Å². The fourth-order valence-electron chi connectivity index (χ4n) is 4.27. The third-order valence-electron chi connectivity index (χ3n) is 5.81. The van der Waals surface area contributed by atoms with Gasteiger partial charge in [0.25, 0.3) is 0 Å². The Labute approximate surface area is 172 Å². The number of hydrogen-bond donors (Lipinski definition) is 1. The van der Waals surface area contributed by atoms with Crippen molar-refractivity contribution in [2.24, 2.45) is 0 Å². The summed E-state index contributed by atoms with van der Waals surface area (Å²) in [5, 5.41) is 9.06. The second-order valence-electron chi connectivity index (χ2n) is 7.90.